The quantitative estimate of drug-likeness (QED) is 0.183. The Hall–Kier alpha value is -0.401. The minimum absolute atomic E-state index is 0.0490. The molecule has 0 spiro atoms. The Morgan fingerprint density at radius 3 is 2.08 bits per heavy atom. The van der Waals surface area contributed by atoms with Crippen molar-refractivity contribution in [2.24, 2.45) is 0 Å². The van der Waals surface area contributed by atoms with Gasteiger partial charge in [0.25, 0.3) is 0 Å². The number of amides is 1. The van der Waals surface area contributed by atoms with Gasteiger partial charge < -0.3 is 15.5 Å². The fourth-order valence-electron chi connectivity index (χ4n) is 1.45. The third kappa shape index (κ3) is 40.0. The second-order valence-electron chi connectivity index (χ2n) is 5.55. The van der Waals surface area contributed by atoms with Gasteiger partial charge in [-0.2, -0.15) is 12.6 Å². The molecule has 0 saturated carbocycles. The van der Waals surface area contributed by atoms with Gasteiger partial charge in [0.1, 0.15) is 0 Å². The maximum absolute atomic E-state index is 10.6. The topological polar surface area (TPSA) is 78.5 Å². The van der Waals surface area contributed by atoms with Gasteiger partial charge in [-0.1, -0.05) is 6.42 Å². The van der Waals surface area contributed by atoms with E-state index < -0.39 is 0 Å². The standard InChI is InChI=1S/C7H15NOS.C6H16N2.C4H5O2Se/c1-8-7(9)5-3-2-4-6-10;1-7-5-4-6-8(2)3;5-3-1-2-4(6)7/h10H,2-6H2,1H3,(H,8,9);7H,4-6H2,1-3H3;3H,1-2H2. The first-order chi connectivity index (χ1) is 11.8. The second kappa shape index (κ2) is 25.8. The van der Waals surface area contributed by atoms with Crippen molar-refractivity contribution < 1.29 is 14.4 Å². The Morgan fingerprint density at radius 2 is 1.72 bits per heavy atom. The zero-order valence-electron chi connectivity index (χ0n) is 16.2. The van der Waals surface area contributed by atoms with Crippen molar-refractivity contribution >= 4 is 45.5 Å². The average molecular weight is 442 g/mol. The summed E-state index contributed by atoms with van der Waals surface area (Å²) in [4.78, 5) is 32.4. The SMILES string of the molecule is CNC(=O)CCCCCS.CNCCCN(C)C.O=CCCC(=O)[Se]. The van der Waals surface area contributed by atoms with E-state index in [9.17, 15) is 14.4 Å². The van der Waals surface area contributed by atoms with Crippen molar-refractivity contribution in [3.05, 3.63) is 0 Å². The van der Waals surface area contributed by atoms with Gasteiger partial charge in [0, 0.05) is 13.5 Å². The van der Waals surface area contributed by atoms with Crippen molar-refractivity contribution in [2.75, 3.05) is 47.0 Å². The van der Waals surface area contributed by atoms with E-state index >= 15 is 0 Å². The summed E-state index contributed by atoms with van der Waals surface area (Å²) in [5.74, 6) is 1.06. The predicted octanol–water partition coefficient (Wildman–Crippen LogP) is 1.04. The molecule has 0 heterocycles. The van der Waals surface area contributed by atoms with Crippen LogP contribution in [-0.4, -0.2) is 84.8 Å². The molecule has 0 unspecified atom stereocenters. The number of hydrogen-bond donors (Lipinski definition) is 3. The number of aldehydes is 1. The van der Waals surface area contributed by atoms with Crippen LogP contribution < -0.4 is 10.6 Å². The normalized spacial score (nSPS) is 9.36. The van der Waals surface area contributed by atoms with Crippen LogP contribution in [0.15, 0.2) is 0 Å². The van der Waals surface area contributed by atoms with E-state index in [1.165, 1.54) is 13.0 Å². The number of carbonyl (C=O) groups excluding carboxylic acids is 3. The Bertz CT molecular complexity index is 320. The molecule has 8 heteroatoms. The van der Waals surface area contributed by atoms with Crippen molar-refractivity contribution in [1.29, 1.82) is 0 Å². The van der Waals surface area contributed by atoms with Crippen molar-refractivity contribution in [3.8, 4) is 0 Å². The molecule has 6 nitrogen and oxygen atoms in total. The molecule has 0 aromatic rings. The molecule has 1 amide bonds. The molecule has 0 rings (SSSR count). The van der Waals surface area contributed by atoms with Crippen LogP contribution in [0.5, 0.6) is 0 Å². The molecule has 1 radical (unpaired) electrons. The Kier molecular flexibility index (Phi) is 30.3. The van der Waals surface area contributed by atoms with Crippen LogP contribution in [-0.2, 0) is 14.4 Å². The first kappa shape index (κ1) is 29.4. The van der Waals surface area contributed by atoms with Gasteiger partial charge in [-0.15, -0.1) is 0 Å². The summed E-state index contributed by atoms with van der Waals surface area (Å²) in [5, 5.41) is 5.68. The Balaban J connectivity index is -0.000000296. The number of hydrogen-bond acceptors (Lipinski definition) is 6. The number of thiol groups is 1. The zero-order valence-corrected chi connectivity index (χ0v) is 18.8. The zero-order chi connectivity index (χ0) is 19.9. The molecule has 0 saturated heterocycles. The fraction of sp³-hybridized carbons (Fsp3) is 0.824. The molecule has 149 valence electrons. The van der Waals surface area contributed by atoms with Crippen LogP contribution in [0.1, 0.15) is 44.9 Å². The van der Waals surface area contributed by atoms with E-state index in [1.807, 2.05) is 7.05 Å². The van der Waals surface area contributed by atoms with Crippen LogP contribution in [0.4, 0.5) is 0 Å². The summed E-state index contributed by atoms with van der Waals surface area (Å²) in [7, 11) is 7.84. The van der Waals surface area contributed by atoms with E-state index in [2.05, 4.69) is 58.3 Å². The van der Waals surface area contributed by atoms with Gasteiger partial charge in [0.2, 0.25) is 5.91 Å². The molecule has 0 aromatic carbocycles. The van der Waals surface area contributed by atoms with E-state index in [0.717, 1.165) is 37.8 Å². The number of nitrogens with one attached hydrogen (secondary N) is 2. The molecule has 0 aliphatic carbocycles. The van der Waals surface area contributed by atoms with Crippen LogP contribution in [0.25, 0.3) is 0 Å². The maximum atomic E-state index is 10.6. The number of rotatable bonds is 12. The molecule has 0 atom stereocenters. The molecule has 0 fully saturated rings. The molecule has 0 bridgehead atoms. The number of unbranched alkanes of at least 4 members (excludes halogenated alkanes) is 2. The molecule has 25 heavy (non-hydrogen) atoms. The van der Waals surface area contributed by atoms with E-state index in [4.69, 9.17) is 0 Å². The summed E-state index contributed by atoms with van der Waals surface area (Å²) in [6.45, 7) is 2.30. The van der Waals surface area contributed by atoms with Crippen LogP contribution in [0.3, 0.4) is 0 Å². The van der Waals surface area contributed by atoms with E-state index in [1.54, 1.807) is 7.05 Å². The monoisotopic (exact) mass is 442 g/mol. The summed E-state index contributed by atoms with van der Waals surface area (Å²) in [6.07, 6.45) is 6.51. The number of carbonyl (C=O) groups is 3. The summed E-state index contributed by atoms with van der Waals surface area (Å²) < 4.78 is -0.0490. The van der Waals surface area contributed by atoms with Gasteiger partial charge in [0.05, 0.1) is 0 Å². The first-order valence-electron chi connectivity index (χ1n) is 8.59. The van der Waals surface area contributed by atoms with Gasteiger partial charge >= 0.3 is 49.4 Å². The van der Waals surface area contributed by atoms with E-state index in [-0.39, 0.29) is 10.6 Å². The summed E-state index contributed by atoms with van der Waals surface area (Å²) in [5.41, 5.74) is 0. The van der Waals surface area contributed by atoms with Crippen LogP contribution in [0, 0.1) is 0 Å². The average Bonchev–Trinajstić information content (AvgIpc) is 2.57. The predicted molar refractivity (Wildman–Crippen MR) is 110 cm³/mol. The Labute approximate surface area is 167 Å². The number of nitrogens with zero attached hydrogens (tertiary/aromatic N) is 1. The minimum atomic E-state index is -0.0490. The second-order valence-corrected chi connectivity index (χ2v) is 6.95. The van der Waals surface area contributed by atoms with Crippen molar-refractivity contribution in [1.82, 2.24) is 15.5 Å². The van der Waals surface area contributed by atoms with Crippen molar-refractivity contribution in [3.63, 3.8) is 0 Å². The third-order valence-corrected chi connectivity index (χ3v) is 3.58. The first-order valence-corrected chi connectivity index (χ1v) is 10.1. The molecular weight excluding hydrogens is 405 g/mol. The van der Waals surface area contributed by atoms with Gasteiger partial charge in [0.15, 0.2) is 0 Å². The summed E-state index contributed by atoms with van der Waals surface area (Å²) in [6, 6.07) is 0. The van der Waals surface area contributed by atoms with Crippen molar-refractivity contribution in [2.45, 2.75) is 44.9 Å². The molecule has 0 aromatic heterocycles. The van der Waals surface area contributed by atoms with Gasteiger partial charge in [-0.05, 0) is 59.2 Å². The fourth-order valence-corrected chi connectivity index (χ4v) is 1.92. The van der Waals surface area contributed by atoms with Crippen LogP contribution in [0.2, 0.25) is 0 Å². The van der Waals surface area contributed by atoms with Gasteiger partial charge in [-0.3, -0.25) is 4.79 Å². The third-order valence-electron chi connectivity index (χ3n) is 2.84. The summed E-state index contributed by atoms with van der Waals surface area (Å²) >= 11 is 6.34. The van der Waals surface area contributed by atoms with Crippen LogP contribution >= 0.6 is 12.6 Å². The molecular formula is C17H36N3O3SSe. The van der Waals surface area contributed by atoms with Gasteiger partial charge in [-0.25, -0.2) is 0 Å². The van der Waals surface area contributed by atoms with E-state index in [0.29, 0.717) is 19.3 Å². The molecule has 0 aliphatic rings. The molecule has 0 aliphatic heterocycles. The Morgan fingerprint density at radius 1 is 1.08 bits per heavy atom. The molecule has 2 N–H and O–H groups in total.